The fourth-order valence-electron chi connectivity index (χ4n) is 1.96. The summed E-state index contributed by atoms with van der Waals surface area (Å²) < 4.78 is 0. The van der Waals surface area contributed by atoms with Gasteiger partial charge >= 0.3 is 0 Å². The van der Waals surface area contributed by atoms with Crippen LogP contribution in [0.2, 0.25) is 0 Å². The summed E-state index contributed by atoms with van der Waals surface area (Å²) in [5.74, 6) is 0. The summed E-state index contributed by atoms with van der Waals surface area (Å²) in [5, 5.41) is 3.45. The first-order valence-corrected chi connectivity index (χ1v) is 4.51. The molecule has 0 amide bonds. The lowest BCUT2D eigenvalue weighted by atomic mass is 10.0. The Bertz CT molecular complexity index is 404. The topological polar surface area (TPSA) is 24.4 Å². The molecule has 0 saturated carbocycles. The number of benzene rings is 1. The van der Waals surface area contributed by atoms with E-state index in [1.165, 1.54) is 16.8 Å². The molecule has 13 heavy (non-hydrogen) atoms. The second-order valence-corrected chi connectivity index (χ2v) is 3.38. The number of para-hydroxylation sites is 1. The van der Waals surface area contributed by atoms with Crippen molar-refractivity contribution in [2.24, 2.45) is 4.99 Å². The summed E-state index contributed by atoms with van der Waals surface area (Å²) >= 11 is 0. The minimum atomic E-state index is 0.405. The van der Waals surface area contributed by atoms with Crippen LogP contribution in [0.25, 0.3) is 5.57 Å². The van der Waals surface area contributed by atoms with E-state index < -0.39 is 0 Å². The minimum Gasteiger partial charge on any atom is -0.376 e. The Balaban J connectivity index is 2.18. The van der Waals surface area contributed by atoms with E-state index in [4.69, 9.17) is 0 Å². The maximum atomic E-state index is 4.24. The number of hydrogen-bond acceptors (Lipinski definition) is 2. The van der Waals surface area contributed by atoms with Crippen LogP contribution in [0.4, 0.5) is 5.69 Å². The van der Waals surface area contributed by atoms with Gasteiger partial charge in [0.1, 0.15) is 0 Å². The highest BCUT2D eigenvalue weighted by atomic mass is 15.0. The number of fused-ring (bicyclic) bond motifs is 3. The molecule has 3 rings (SSSR count). The second-order valence-electron chi connectivity index (χ2n) is 3.38. The average molecular weight is 170 g/mol. The van der Waals surface area contributed by atoms with Gasteiger partial charge < -0.3 is 5.32 Å². The van der Waals surface area contributed by atoms with E-state index >= 15 is 0 Å². The Labute approximate surface area is 77.0 Å². The van der Waals surface area contributed by atoms with Crippen LogP contribution in [0.3, 0.4) is 0 Å². The van der Waals surface area contributed by atoms with E-state index in [-0.39, 0.29) is 0 Å². The fourth-order valence-corrected chi connectivity index (χ4v) is 1.96. The van der Waals surface area contributed by atoms with Gasteiger partial charge in [-0.15, -0.1) is 0 Å². The summed E-state index contributed by atoms with van der Waals surface area (Å²) in [6.45, 7) is 0.862. The van der Waals surface area contributed by atoms with Crippen molar-refractivity contribution in [3.63, 3.8) is 0 Å². The summed E-state index contributed by atoms with van der Waals surface area (Å²) in [6.07, 6.45) is 4.00. The zero-order chi connectivity index (χ0) is 8.67. The first-order chi connectivity index (χ1) is 6.45. The fraction of sp³-hybridized carbons (Fsp3) is 0.182. The second kappa shape index (κ2) is 2.46. The van der Waals surface area contributed by atoms with Crippen LogP contribution in [0.1, 0.15) is 5.56 Å². The van der Waals surface area contributed by atoms with Gasteiger partial charge in [-0.1, -0.05) is 18.2 Å². The molecule has 2 heterocycles. The largest absolute Gasteiger partial charge is 0.376 e. The summed E-state index contributed by atoms with van der Waals surface area (Å²) in [6, 6.07) is 8.82. The Morgan fingerprint density at radius 2 is 2.23 bits per heavy atom. The van der Waals surface area contributed by atoms with E-state index in [1.54, 1.807) is 0 Å². The molecule has 0 radical (unpaired) electrons. The number of aliphatic imine (C=N–C) groups is 1. The highest BCUT2D eigenvalue weighted by Gasteiger charge is 2.25. The van der Waals surface area contributed by atoms with Crippen LogP contribution in [0.5, 0.6) is 0 Å². The lowest BCUT2D eigenvalue weighted by Gasteiger charge is -2.12. The van der Waals surface area contributed by atoms with Crippen LogP contribution in [0.15, 0.2) is 35.3 Å². The van der Waals surface area contributed by atoms with Crippen LogP contribution in [-0.2, 0) is 0 Å². The predicted octanol–water partition coefficient (Wildman–Crippen LogP) is 1.95. The number of hydrogen-bond donors (Lipinski definition) is 1. The predicted molar refractivity (Wildman–Crippen MR) is 55.2 cm³/mol. The molecular formula is C11H10N2. The Kier molecular flexibility index (Phi) is 1.30. The highest BCUT2D eigenvalue weighted by Crippen LogP contribution is 2.35. The van der Waals surface area contributed by atoms with Gasteiger partial charge in [0.15, 0.2) is 0 Å². The standard InChI is InChI=1S/C11H10N2/c1-2-4-10-8(3-1)9-5-6-12-7-11(9)13-10/h1-6,11,13H,7H2. The number of nitrogens with zero attached hydrogens (tertiary/aromatic N) is 1. The van der Waals surface area contributed by atoms with Crippen molar-refractivity contribution in [1.29, 1.82) is 0 Å². The highest BCUT2D eigenvalue weighted by molar-refractivity contribution is 5.96. The van der Waals surface area contributed by atoms with Crippen molar-refractivity contribution in [3.05, 3.63) is 35.9 Å². The SMILES string of the molecule is C1=NCC2Nc3ccccc3C2=C1. The van der Waals surface area contributed by atoms with Crippen molar-refractivity contribution >= 4 is 17.5 Å². The lowest BCUT2D eigenvalue weighted by Crippen LogP contribution is -2.20. The smallest absolute Gasteiger partial charge is 0.0716 e. The van der Waals surface area contributed by atoms with E-state index in [0.717, 1.165) is 6.54 Å². The number of rotatable bonds is 0. The molecule has 2 aliphatic heterocycles. The summed E-state index contributed by atoms with van der Waals surface area (Å²) in [5.41, 5.74) is 3.95. The molecule has 1 unspecified atom stereocenters. The van der Waals surface area contributed by atoms with Gasteiger partial charge in [-0.2, -0.15) is 0 Å². The number of dihydropyridines is 1. The van der Waals surface area contributed by atoms with Crippen molar-refractivity contribution in [1.82, 2.24) is 0 Å². The first kappa shape index (κ1) is 6.89. The Morgan fingerprint density at radius 1 is 1.31 bits per heavy atom. The van der Waals surface area contributed by atoms with Gasteiger partial charge in [0.25, 0.3) is 0 Å². The van der Waals surface area contributed by atoms with E-state index in [9.17, 15) is 0 Å². The third-order valence-corrected chi connectivity index (χ3v) is 2.59. The molecule has 1 N–H and O–H groups in total. The molecule has 1 aromatic carbocycles. The normalized spacial score (nSPS) is 23.1. The summed E-state index contributed by atoms with van der Waals surface area (Å²) in [7, 11) is 0. The molecule has 64 valence electrons. The van der Waals surface area contributed by atoms with Crippen LogP contribution in [-0.4, -0.2) is 18.8 Å². The lowest BCUT2D eigenvalue weighted by molar-refractivity contribution is 0.912. The van der Waals surface area contributed by atoms with Gasteiger partial charge in [-0.25, -0.2) is 0 Å². The van der Waals surface area contributed by atoms with Crippen molar-refractivity contribution in [3.8, 4) is 0 Å². The molecule has 0 bridgehead atoms. The van der Waals surface area contributed by atoms with Gasteiger partial charge in [0.2, 0.25) is 0 Å². The number of allylic oxidation sites excluding steroid dienone is 1. The third kappa shape index (κ3) is 0.917. The zero-order valence-electron chi connectivity index (χ0n) is 7.20. The monoisotopic (exact) mass is 170 g/mol. The van der Waals surface area contributed by atoms with Crippen molar-refractivity contribution in [2.45, 2.75) is 6.04 Å². The van der Waals surface area contributed by atoms with Crippen LogP contribution >= 0.6 is 0 Å². The molecule has 1 atom stereocenters. The molecule has 1 aromatic rings. The van der Waals surface area contributed by atoms with E-state index in [0.29, 0.717) is 6.04 Å². The van der Waals surface area contributed by atoms with Gasteiger partial charge in [-0.05, 0) is 17.7 Å². The molecule has 2 aliphatic rings. The van der Waals surface area contributed by atoms with Gasteiger partial charge in [-0.3, -0.25) is 4.99 Å². The molecule has 0 saturated heterocycles. The maximum Gasteiger partial charge on any atom is 0.0716 e. The number of anilines is 1. The molecular weight excluding hydrogens is 160 g/mol. The van der Waals surface area contributed by atoms with Gasteiger partial charge in [0, 0.05) is 17.5 Å². The first-order valence-electron chi connectivity index (χ1n) is 4.51. The van der Waals surface area contributed by atoms with E-state index in [2.05, 4.69) is 40.7 Å². The average Bonchev–Trinajstić information content (AvgIpc) is 2.56. The molecule has 2 heteroatoms. The molecule has 0 spiro atoms. The maximum absolute atomic E-state index is 4.24. The summed E-state index contributed by atoms with van der Waals surface area (Å²) in [4.78, 5) is 4.24. The third-order valence-electron chi connectivity index (χ3n) is 2.59. The Hall–Kier alpha value is -1.57. The molecule has 0 aliphatic carbocycles. The molecule has 0 aromatic heterocycles. The van der Waals surface area contributed by atoms with Crippen LogP contribution < -0.4 is 5.32 Å². The Morgan fingerprint density at radius 3 is 3.23 bits per heavy atom. The zero-order valence-corrected chi connectivity index (χ0v) is 7.20. The number of nitrogens with one attached hydrogen (secondary N) is 1. The van der Waals surface area contributed by atoms with Crippen LogP contribution in [0, 0.1) is 0 Å². The quantitative estimate of drug-likeness (QED) is 0.632. The van der Waals surface area contributed by atoms with E-state index in [1.807, 2.05) is 6.21 Å². The molecule has 0 fully saturated rings. The van der Waals surface area contributed by atoms with Gasteiger partial charge in [0.05, 0.1) is 12.6 Å². The van der Waals surface area contributed by atoms with Crippen molar-refractivity contribution in [2.75, 3.05) is 11.9 Å². The van der Waals surface area contributed by atoms with Crippen molar-refractivity contribution < 1.29 is 0 Å². The minimum absolute atomic E-state index is 0.405. The molecule has 2 nitrogen and oxygen atoms in total.